The number of nitrogens with zero attached hydrogens (tertiary/aromatic N) is 3. The van der Waals surface area contributed by atoms with Crippen LogP contribution in [0.4, 0.5) is 0 Å². The van der Waals surface area contributed by atoms with E-state index in [1.54, 1.807) is 0 Å². The van der Waals surface area contributed by atoms with Crippen LogP contribution in [0, 0.1) is 5.92 Å². The van der Waals surface area contributed by atoms with Crippen LogP contribution in [-0.4, -0.2) is 43.7 Å². The lowest BCUT2D eigenvalue weighted by Crippen LogP contribution is -2.31. The molecule has 2 saturated heterocycles. The number of hydrogen-bond acceptors (Lipinski definition) is 6. The molecule has 0 aliphatic carbocycles. The second-order valence-electron chi connectivity index (χ2n) is 5.53. The Bertz CT molecular complexity index is 424. The van der Waals surface area contributed by atoms with E-state index in [2.05, 4.69) is 20.6 Å². The Hall–Kier alpha value is -0.170. The number of thioether (sulfide) groups is 1. The van der Waals surface area contributed by atoms with Crippen molar-refractivity contribution in [1.82, 2.24) is 13.6 Å². The molecule has 4 atom stereocenters. The van der Waals surface area contributed by atoms with Gasteiger partial charge in [-0.15, -0.1) is 11.8 Å². The fourth-order valence-electron chi connectivity index (χ4n) is 3.09. The number of unbranched alkanes of at least 4 members (excludes halogenated alkanes) is 1. The molecule has 4 nitrogen and oxygen atoms in total. The van der Waals surface area contributed by atoms with Gasteiger partial charge in [0.15, 0.2) is 0 Å². The lowest BCUT2D eigenvalue weighted by Gasteiger charge is -2.30. The minimum absolute atomic E-state index is 0.132. The van der Waals surface area contributed by atoms with Gasteiger partial charge in [0.2, 0.25) is 0 Å². The van der Waals surface area contributed by atoms with Gasteiger partial charge in [-0.1, -0.05) is 13.3 Å². The van der Waals surface area contributed by atoms with Crippen molar-refractivity contribution in [2.45, 2.75) is 49.8 Å². The van der Waals surface area contributed by atoms with Gasteiger partial charge in [-0.3, -0.25) is 4.90 Å². The first-order chi connectivity index (χ1) is 9.29. The molecule has 106 valence electrons. The predicted molar refractivity (Wildman–Crippen MR) is 78.6 cm³/mol. The maximum absolute atomic E-state index is 9.98. The largest absolute Gasteiger partial charge is 0.391 e. The van der Waals surface area contributed by atoms with Crippen molar-refractivity contribution in [3.05, 3.63) is 5.69 Å². The van der Waals surface area contributed by atoms with Gasteiger partial charge in [-0.2, -0.15) is 8.75 Å². The summed E-state index contributed by atoms with van der Waals surface area (Å²) in [6.07, 6.45) is 4.57. The van der Waals surface area contributed by atoms with Gasteiger partial charge in [0.25, 0.3) is 0 Å². The van der Waals surface area contributed by atoms with E-state index in [9.17, 15) is 5.11 Å². The number of aliphatic hydroxyl groups is 1. The highest BCUT2D eigenvalue weighted by atomic mass is 32.2. The summed E-state index contributed by atoms with van der Waals surface area (Å²) in [7, 11) is 0. The molecule has 1 aromatic rings. The summed E-state index contributed by atoms with van der Waals surface area (Å²) in [5, 5.41) is 11.1. The molecule has 0 radical (unpaired) electrons. The topological polar surface area (TPSA) is 49.2 Å². The van der Waals surface area contributed by atoms with Crippen LogP contribution in [-0.2, 0) is 0 Å². The number of aromatic nitrogens is 2. The summed E-state index contributed by atoms with van der Waals surface area (Å²) in [4.78, 5) is 2.40. The van der Waals surface area contributed by atoms with Crippen LogP contribution < -0.4 is 0 Å². The first-order valence-corrected chi connectivity index (χ1v) is 8.88. The van der Waals surface area contributed by atoms with Crippen molar-refractivity contribution in [1.29, 1.82) is 0 Å². The summed E-state index contributed by atoms with van der Waals surface area (Å²) in [6, 6.07) is 0.385. The Morgan fingerprint density at radius 3 is 3.11 bits per heavy atom. The Morgan fingerprint density at radius 2 is 2.26 bits per heavy atom. The predicted octanol–water partition coefficient (Wildman–Crippen LogP) is 2.56. The zero-order valence-electron chi connectivity index (χ0n) is 11.3. The summed E-state index contributed by atoms with van der Waals surface area (Å²) >= 11 is 3.18. The molecule has 2 unspecified atom stereocenters. The Balaban J connectivity index is 1.70. The maximum Gasteiger partial charge on any atom is 0.135 e. The molecule has 3 heterocycles. The maximum atomic E-state index is 9.98. The third kappa shape index (κ3) is 2.82. The highest BCUT2D eigenvalue weighted by molar-refractivity contribution is 7.99. The molecule has 1 aromatic heterocycles. The van der Waals surface area contributed by atoms with E-state index in [1.165, 1.54) is 30.3 Å². The van der Waals surface area contributed by atoms with Crippen molar-refractivity contribution in [3.63, 3.8) is 0 Å². The summed E-state index contributed by atoms with van der Waals surface area (Å²) in [6.45, 7) is 4.06. The molecule has 2 fully saturated rings. The van der Waals surface area contributed by atoms with E-state index in [1.807, 2.05) is 11.8 Å². The van der Waals surface area contributed by atoms with E-state index < -0.39 is 0 Å². The van der Waals surface area contributed by atoms with Gasteiger partial charge in [0.05, 0.1) is 23.9 Å². The average Bonchev–Trinajstić information content (AvgIpc) is 2.97. The highest BCUT2D eigenvalue weighted by Gasteiger charge is 2.41. The lowest BCUT2D eigenvalue weighted by molar-refractivity contribution is 0.144. The van der Waals surface area contributed by atoms with Crippen LogP contribution in [0.3, 0.4) is 0 Å². The van der Waals surface area contributed by atoms with Crippen molar-refractivity contribution in [2.24, 2.45) is 5.92 Å². The average molecular weight is 299 g/mol. The molecule has 0 aromatic carbocycles. The van der Waals surface area contributed by atoms with Gasteiger partial charge in [0, 0.05) is 13.1 Å². The van der Waals surface area contributed by atoms with Crippen LogP contribution >= 0.6 is 23.5 Å². The molecular formula is C13H21N3OS2. The molecular weight excluding hydrogens is 278 g/mol. The van der Waals surface area contributed by atoms with Gasteiger partial charge in [-0.05, 0) is 30.9 Å². The molecule has 0 amide bonds. The van der Waals surface area contributed by atoms with Gasteiger partial charge >= 0.3 is 0 Å². The van der Waals surface area contributed by atoms with Crippen LogP contribution in [0.1, 0.15) is 44.3 Å². The Kier molecular flexibility index (Phi) is 4.41. The van der Waals surface area contributed by atoms with Gasteiger partial charge < -0.3 is 5.11 Å². The third-order valence-corrected chi connectivity index (χ3v) is 5.95. The summed E-state index contributed by atoms with van der Waals surface area (Å²) in [5.74, 6) is 1.62. The van der Waals surface area contributed by atoms with Crippen LogP contribution in [0.2, 0.25) is 0 Å². The lowest BCUT2D eigenvalue weighted by atomic mass is 9.94. The molecule has 2 aliphatic heterocycles. The van der Waals surface area contributed by atoms with Crippen LogP contribution in [0.5, 0.6) is 0 Å². The highest BCUT2D eigenvalue weighted by Crippen LogP contribution is 2.41. The number of hydrogen-bond donors (Lipinski definition) is 1. The van der Waals surface area contributed by atoms with E-state index in [0.29, 0.717) is 12.0 Å². The van der Waals surface area contributed by atoms with Gasteiger partial charge in [0.1, 0.15) is 10.7 Å². The zero-order chi connectivity index (χ0) is 13.2. The molecule has 0 saturated carbocycles. The SMILES string of the molecule is CCCCSc1nsnc1C1CC[C@H]2CN1C[C@H]2O. The molecule has 2 aliphatic rings. The monoisotopic (exact) mass is 299 g/mol. The molecule has 6 heteroatoms. The summed E-state index contributed by atoms with van der Waals surface area (Å²) < 4.78 is 9.02. The first kappa shape index (κ1) is 13.8. The van der Waals surface area contributed by atoms with E-state index in [4.69, 9.17) is 0 Å². The Morgan fingerprint density at radius 1 is 1.37 bits per heavy atom. The van der Waals surface area contributed by atoms with Crippen molar-refractivity contribution < 1.29 is 5.11 Å². The van der Waals surface area contributed by atoms with E-state index >= 15 is 0 Å². The number of piperidine rings is 1. The second-order valence-corrected chi connectivity index (χ2v) is 7.14. The minimum Gasteiger partial charge on any atom is -0.391 e. The normalized spacial score (nSPS) is 33.8. The minimum atomic E-state index is -0.132. The van der Waals surface area contributed by atoms with Crippen molar-refractivity contribution >= 4 is 23.5 Å². The van der Waals surface area contributed by atoms with Crippen LogP contribution in [0.25, 0.3) is 0 Å². The Labute approximate surface area is 122 Å². The van der Waals surface area contributed by atoms with Crippen molar-refractivity contribution in [2.75, 3.05) is 18.8 Å². The van der Waals surface area contributed by atoms with E-state index in [0.717, 1.165) is 36.7 Å². The summed E-state index contributed by atoms with van der Waals surface area (Å²) in [5.41, 5.74) is 1.17. The quantitative estimate of drug-likeness (QED) is 0.669. The van der Waals surface area contributed by atoms with E-state index in [-0.39, 0.29) is 6.10 Å². The molecule has 1 N–H and O–H groups in total. The van der Waals surface area contributed by atoms with Gasteiger partial charge in [-0.25, -0.2) is 0 Å². The number of fused-ring (bicyclic) bond motifs is 2. The first-order valence-electron chi connectivity index (χ1n) is 7.17. The zero-order valence-corrected chi connectivity index (χ0v) is 12.9. The smallest absolute Gasteiger partial charge is 0.135 e. The van der Waals surface area contributed by atoms with Crippen LogP contribution in [0.15, 0.2) is 5.03 Å². The number of aliphatic hydroxyl groups excluding tert-OH is 1. The molecule has 19 heavy (non-hydrogen) atoms. The molecule has 0 spiro atoms. The standard InChI is InChI=1S/C13H21N3OS2/c1-2-3-6-18-13-12(14-19-15-13)10-5-4-9-7-16(10)8-11(9)17/h9-11,17H,2-8H2,1H3/t9-,10?,11+/m0/s1. The second kappa shape index (κ2) is 6.08. The fraction of sp³-hybridized carbons (Fsp3) is 0.846. The fourth-order valence-corrected chi connectivity index (χ4v) is 4.92. The number of rotatable bonds is 5. The third-order valence-electron chi connectivity index (χ3n) is 4.22. The van der Waals surface area contributed by atoms with Crippen molar-refractivity contribution in [3.8, 4) is 0 Å². The molecule has 3 rings (SSSR count). The molecule has 2 bridgehead atoms.